The lowest BCUT2D eigenvalue weighted by molar-refractivity contribution is 0.101. The summed E-state index contributed by atoms with van der Waals surface area (Å²) < 4.78 is 0. The molecule has 0 fully saturated rings. The van der Waals surface area contributed by atoms with E-state index in [0.717, 1.165) is 42.2 Å². The Hall–Kier alpha value is -1.46. The number of benzene rings is 1. The average Bonchev–Trinajstić information content (AvgIpc) is 3.09. The normalized spacial score (nSPS) is 13.9. The smallest absolute Gasteiger partial charge is 0.192 e. The van der Waals surface area contributed by atoms with E-state index in [1.165, 1.54) is 16.9 Å². The second kappa shape index (κ2) is 8.41. The van der Waals surface area contributed by atoms with Crippen LogP contribution in [0.5, 0.6) is 0 Å². The Kier molecular flexibility index (Phi) is 6.54. The highest BCUT2D eigenvalue weighted by atomic mass is 79.9. The monoisotopic (exact) mass is 392 g/mol. The summed E-state index contributed by atoms with van der Waals surface area (Å²) in [7, 11) is 0. The molecule has 3 rings (SSSR count). The molecule has 1 aromatic carbocycles. The zero-order valence-electron chi connectivity index (χ0n) is 13.2. The number of aryl methyl sites for hydroxylation is 1. The minimum Gasteiger partial charge on any atom is -0.322 e. The number of ketones is 1. The van der Waals surface area contributed by atoms with Crippen LogP contribution < -0.4 is 4.90 Å². The van der Waals surface area contributed by atoms with Crippen molar-refractivity contribution in [2.75, 3.05) is 18.0 Å². The molecule has 0 amide bonds. The number of thiophene rings is 1. The highest BCUT2D eigenvalue weighted by molar-refractivity contribution is 8.93. The summed E-state index contributed by atoms with van der Waals surface area (Å²) >= 11 is 1.50. The van der Waals surface area contributed by atoms with Gasteiger partial charge in [-0.3, -0.25) is 9.79 Å². The first-order valence-corrected chi connectivity index (χ1v) is 8.57. The number of carbonyl (C=O) groups is 1. The summed E-state index contributed by atoms with van der Waals surface area (Å²) in [5.41, 5.74) is 2.27. The van der Waals surface area contributed by atoms with Crippen molar-refractivity contribution in [3.8, 4) is 0 Å². The standard InChI is InChI=1S/C18H20N2OS.BrH/c1-14-7-2-3-8-15(14)20(18-10-4-5-11-19-18)13-16(21)17-9-6-12-22-17;/h2-3,6-9,12H,4-5,10-11,13H2,1H3;1H. The molecule has 0 N–H and O–H groups in total. The molecule has 0 spiro atoms. The van der Waals surface area contributed by atoms with Gasteiger partial charge in [0, 0.05) is 18.7 Å². The van der Waals surface area contributed by atoms with Crippen LogP contribution in [0.1, 0.15) is 34.5 Å². The number of hydrogen-bond acceptors (Lipinski definition) is 4. The summed E-state index contributed by atoms with van der Waals surface area (Å²) in [5.74, 6) is 1.21. The van der Waals surface area contributed by atoms with E-state index < -0.39 is 0 Å². The number of para-hydroxylation sites is 1. The fraction of sp³-hybridized carbons (Fsp3) is 0.333. The predicted octanol–water partition coefficient (Wildman–Crippen LogP) is 4.91. The summed E-state index contributed by atoms with van der Waals surface area (Å²) in [5, 5.41) is 1.95. The van der Waals surface area contributed by atoms with Crippen molar-refractivity contribution in [1.82, 2.24) is 0 Å². The summed E-state index contributed by atoms with van der Waals surface area (Å²) in [6.45, 7) is 3.32. The van der Waals surface area contributed by atoms with Crippen LogP contribution in [0.25, 0.3) is 0 Å². The van der Waals surface area contributed by atoms with Gasteiger partial charge >= 0.3 is 0 Å². The molecule has 3 nitrogen and oxygen atoms in total. The number of anilines is 1. The van der Waals surface area contributed by atoms with Gasteiger partial charge in [0.15, 0.2) is 5.78 Å². The second-order valence-electron chi connectivity index (χ2n) is 5.53. The molecule has 0 unspecified atom stereocenters. The number of halogens is 1. The van der Waals surface area contributed by atoms with Crippen LogP contribution in [0.15, 0.2) is 46.8 Å². The molecule has 0 saturated carbocycles. The van der Waals surface area contributed by atoms with Crippen molar-refractivity contribution >= 4 is 45.6 Å². The molecule has 0 aliphatic carbocycles. The molecule has 0 radical (unpaired) electrons. The largest absolute Gasteiger partial charge is 0.322 e. The van der Waals surface area contributed by atoms with E-state index in [4.69, 9.17) is 0 Å². The molecule has 0 saturated heterocycles. The lowest BCUT2D eigenvalue weighted by Gasteiger charge is -2.29. The van der Waals surface area contributed by atoms with E-state index in [1.807, 2.05) is 29.6 Å². The van der Waals surface area contributed by atoms with E-state index in [2.05, 4.69) is 28.9 Å². The van der Waals surface area contributed by atoms with Crippen molar-refractivity contribution in [3.63, 3.8) is 0 Å². The molecule has 0 atom stereocenters. The quantitative estimate of drug-likeness (QED) is 0.692. The van der Waals surface area contributed by atoms with Gasteiger partial charge in [-0.2, -0.15) is 0 Å². The fourth-order valence-corrected chi connectivity index (χ4v) is 3.40. The van der Waals surface area contributed by atoms with E-state index in [0.29, 0.717) is 6.54 Å². The lowest BCUT2D eigenvalue weighted by Crippen LogP contribution is -2.37. The van der Waals surface area contributed by atoms with Gasteiger partial charge in [0.2, 0.25) is 0 Å². The van der Waals surface area contributed by atoms with Crippen molar-refractivity contribution in [2.24, 2.45) is 4.99 Å². The van der Waals surface area contributed by atoms with Crippen molar-refractivity contribution in [3.05, 3.63) is 52.2 Å². The summed E-state index contributed by atoms with van der Waals surface area (Å²) in [4.78, 5) is 20.2. The van der Waals surface area contributed by atoms with Gasteiger partial charge in [0.1, 0.15) is 5.84 Å². The molecule has 2 aromatic rings. The molecule has 5 heteroatoms. The number of amidine groups is 1. The van der Waals surface area contributed by atoms with Crippen molar-refractivity contribution in [1.29, 1.82) is 0 Å². The van der Waals surface area contributed by atoms with Gasteiger partial charge < -0.3 is 4.90 Å². The van der Waals surface area contributed by atoms with Crippen LogP contribution in [0.3, 0.4) is 0 Å². The Labute approximate surface area is 151 Å². The Bertz CT molecular complexity index is 682. The van der Waals surface area contributed by atoms with Gasteiger partial charge in [-0.15, -0.1) is 28.3 Å². The van der Waals surface area contributed by atoms with E-state index in [-0.39, 0.29) is 22.8 Å². The number of nitrogens with zero attached hydrogens (tertiary/aromatic N) is 2. The minimum atomic E-state index is 0. The third-order valence-corrected chi connectivity index (χ3v) is 4.83. The highest BCUT2D eigenvalue weighted by Gasteiger charge is 2.21. The van der Waals surface area contributed by atoms with Crippen LogP contribution in [0.4, 0.5) is 5.69 Å². The summed E-state index contributed by atoms with van der Waals surface area (Å²) in [6.07, 6.45) is 3.24. The van der Waals surface area contributed by atoms with Crippen LogP contribution in [-0.2, 0) is 0 Å². The summed E-state index contributed by atoms with van der Waals surface area (Å²) in [6, 6.07) is 12.0. The van der Waals surface area contributed by atoms with Crippen LogP contribution in [0.2, 0.25) is 0 Å². The Balaban J connectivity index is 0.00000192. The van der Waals surface area contributed by atoms with E-state index >= 15 is 0 Å². The van der Waals surface area contributed by atoms with Crippen LogP contribution >= 0.6 is 28.3 Å². The first-order valence-electron chi connectivity index (χ1n) is 7.69. The molecular weight excluding hydrogens is 372 g/mol. The topological polar surface area (TPSA) is 32.7 Å². The maximum absolute atomic E-state index is 12.6. The first kappa shape index (κ1) is 17.9. The fourth-order valence-electron chi connectivity index (χ4n) is 2.74. The molecule has 122 valence electrons. The number of aliphatic imine (C=N–C) groups is 1. The van der Waals surface area contributed by atoms with Crippen LogP contribution in [-0.4, -0.2) is 24.7 Å². The van der Waals surface area contributed by atoms with Gasteiger partial charge in [0.05, 0.1) is 11.4 Å². The zero-order valence-corrected chi connectivity index (χ0v) is 15.7. The maximum atomic E-state index is 12.6. The zero-order chi connectivity index (χ0) is 15.4. The number of rotatable bonds is 4. The number of Topliss-reactive ketones (excluding diaryl/α,β-unsaturated/α-hetero) is 1. The minimum absolute atomic E-state index is 0. The molecule has 23 heavy (non-hydrogen) atoms. The predicted molar refractivity (Wildman–Crippen MR) is 104 cm³/mol. The average molecular weight is 393 g/mol. The first-order chi connectivity index (χ1) is 10.8. The number of hydrogen-bond donors (Lipinski definition) is 0. The molecule has 1 aliphatic heterocycles. The molecular formula is C18H21BrN2OS. The highest BCUT2D eigenvalue weighted by Crippen LogP contribution is 2.24. The van der Waals surface area contributed by atoms with Gasteiger partial charge in [-0.25, -0.2) is 0 Å². The third-order valence-electron chi connectivity index (χ3n) is 3.92. The molecule has 2 heterocycles. The van der Waals surface area contributed by atoms with Crippen molar-refractivity contribution in [2.45, 2.75) is 26.2 Å². The Morgan fingerprint density at radius 3 is 2.70 bits per heavy atom. The van der Waals surface area contributed by atoms with E-state index in [1.54, 1.807) is 0 Å². The molecule has 0 bridgehead atoms. The molecule has 1 aliphatic rings. The maximum Gasteiger partial charge on any atom is 0.192 e. The third kappa shape index (κ3) is 4.30. The lowest BCUT2D eigenvalue weighted by atomic mass is 10.1. The van der Waals surface area contributed by atoms with Crippen molar-refractivity contribution < 1.29 is 4.79 Å². The Morgan fingerprint density at radius 1 is 1.22 bits per heavy atom. The van der Waals surface area contributed by atoms with E-state index in [9.17, 15) is 4.79 Å². The van der Waals surface area contributed by atoms with Crippen LogP contribution in [0, 0.1) is 6.92 Å². The van der Waals surface area contributed by atoms with Gasteiger partial charge in [0.25, 0.3) is 0 Å². The van der Waals surface area contributed by atoms with Gasteiger partial charge in [-0.05, 0) is 42.8 Å². The Morgan fingerprint density at radius 2 is 2.04 bits per heavy atom. The second-order valence-corrected chi connectivity index (χ2v) is 6.48. The number of carbonyl (C=O) groups excluding carboxylic acids is 1. The SMILES string of the molecule is Br.Cc1ccccc1N(CC(=O)c1cccs1)C1=NCCCC1. The molecule has 1 aromatic heterocycles. The van der Waals surface area contributed by atoms with Gasteiger partial charge in [-0.1, -0.05) is 24.3 Å².